The van der Waals surface area contributed by atoms with Crippen molar-refractivity contribution in [3.8, 4) is 5.69 Å². The van der Waals surface area contributed by atoms with Crippen LogP contribution in [0.15, 0.2) is 24.3 Å². The van der Waals surface area contributed by atoms with Crippen molar-refractivity contribution >= 4 is 39.7 Å². The standard InChI is InChI=1S/C13H14IN5/c1-3-18-12-11(8(2)17-18)16-13(15)19(12)10-6-4-9(14)5-7-10/h4-7H,3H2,1-2H3,(H2,15,16). The molecule has 2 heterocycles. The molecule has 3 aromatic rings. The Hall–Kier alpha value is -1.57. The molecule has 5 nitrogen and oxygen atoms in total. The number of nitrogens with two attached hydrogens (primary N) is 1. The number of hydrogen-bond donors (Lipinski definition) is 1. The molecule has 0 spiro atoms. The second-order valence-corrected chi connectivity index (χ2v) is 5.60. The normalized spacial score (nSPS) is 11.3. The van der Waals surface area contributed by atoms with Crippen LogP contribution in [0.2, 0.25) is 0 Å². The number of benzene rings is 1. The third kappa shape index (κ3) is 1.90. The van der Waals surface area contributed by atoms with Gasteiger partial charge in [0.25, 0.3) is 0 Å². The zero-order valence-electron chi connectivity index (χ0n) is 10.8. The molecule has 2 aromatic heterocycles. The Bertz CT molecular complexity index is 739. The molecule has 0 atom stereocenters. The maximum Gasteiger partial charge on any atom is 0.207 e. The number of hydrogen-bond acceptors (Lipinski definition) is 3. The first-order valence-corrected chi connectivity index (χ1v) is 7.17. The molecule has 0 amide bonds. The van der Waals surface area contributed by atoms with Crippen molar-refractivity contribution in [3.63, 3.8) is 0 Å². The highest BCUT2D eigenvalue weighted by Gasteiger charge is 2.17. The zero-order valence-corrected chi connectivity index (χ0v) is 12.9. The number of halogens is 1. The lowest BCUT2D eigenvalue weighted by Crippen LogP contribution is -2.06. The van der Waals surface area contributed by atoms with Gasteiger partial charge in [0, 0.05) is 10.1 Å². The van der Waals surface area contributed by atoms with E-state index in [0.717, 1.165) is 29.1 Å². The Morgan fingerprint density at radius 3 is 2.58 bits per heavy atom. The molecule has 0 aliphatic heterocycles. The lowest BCUT2D eigenvalue weighted by Gasteiger charge is -2.08. The van der Waals surface area contributed by atoms with Crippen LogP contribution in [0.25, 0.3) is 16.9 Å². The molecular weight excluding hydrogens is 353 g/mol. The second-order valence-electron chi connectivity index (χ2n) is 4.36. The van der Waals surface area contributed by atoms with Gasteiger partial charge in [-0.15, -0.1) is 0 Å². The van der Waals surface area contributed by atoms with Gasteiger partial charge >= 0.3 is 0 Å². The first-order valence-electron chi connectivity index (χ1n) is 6.09. The van der Waals surface area contributed by atoms with Gasteiger partial charge in [-0.25, -0.2) is 9.67 Å². The molecule has 0 aliphatic carbocycles. The highest BCUT2D eigenvalue weighted by molar-refractivity contribution is 14.1. The smallest absolute Gasteiger partial charge is 0.207 e. The van der Waals surface area contributed by atoms with E-state index in [9.17, 15) is 0 Å². The van der Waals surface area contributed by atoms with Crippen molar-refractivity contribution in [1.82, 2.24) is 19.3 Å². The van der Waals surface area contributed by atoms with E-state index in [-0.39, 0.29) is 0 Å². The summed E-state index contributed by atoms with van der Waals surface area (Å²) in [5, 5.41) is 4.49. The van der Waals surface area contributed by atoms with Crippen molar-refractivity contribution < 1.29 is 0 Å². The van der Waals surface area contributed by atoms with Crippen molar-refractivity contribution in [1.29, 1.82) is 0 Å². The lowest BCUT2D eigenvalue weighted by molar-refractivity contribution is 0.663. The van der Waals surface area contributed by atoms with Crippen LogP contribution in [-0.4, -0.2) is 19.3 Å². The molecule has 1 aromatic carbocycles. The molecule has 0 fully saturated rings. The van der Waals surface area contributed by atoms with Gasteiger partial charge < -0.3 is 5.73 Å². The van der Waals surface area contributed by atoms with Gasteiger partial charge in [-0.1, -0.05) is 0 Å². The van der Waals surface area contributed by atoms with Crippen LogP contribution in [-0.2, 0) is 6.54 Å². The van der Waals surface area contributed by atoms with Crippen LogP contribution in [0.5, 0.6) is 0 Å². The summed E-state index contributed by atoms with van der Waals surface area (Å²) in [5.41, 5.74) is 9.82. The highest BCUT2D eigenvalue weighted by atomic mass is 127. The first kappa shape index (κ1) is 12.5. The topological polar surface area (TPSA) is 61.7 Å². The predicted molar refractivity (Wildman–Crippen MR) is 84.4 cm³/mol. The number of rotatable bonds is 2. The lowest BCUT2D eigenvalue weighted by atomic mass is 10.3. The van der Waals surface area contributed by atoms with Crippen molar-refractivity contribution in [2.24, 2.45) is 0 Å². The second kappa shape index (κ2) is 4.52. The van der Waals surface area contributed by atoms with Gasteiger partial charge in [-0.3, -0.25) is 4.57 Å². The monoisotopic (exact) mass is 367 g/mol. The minimum atomic E-state index is 0.499. The van der Waals surface area contributed by atoms with Crippen LogP contribution >= 0.6 is 22.6 Å². The fourth-order valence-electron chi connectivity index (χ4n) is 2.25. The third-order valence-electron chi connectivity index (χ3n) is 3.12. The quantitative estimate of drug-likeness (QED) is 0.709. The maximum absolute atomic E-state index is 6.07. The average Bonchev–Trinajstić information content (AvgIpc) is 2.88. The van der Waals surface area contributed by atoms with E-state index in [4.69, 9.17) is 5.73 Å². The Labute approximate surface area is 124 Å². The van der Waals surface area contributed by atoms with Crippen LogP contribution in [0.3, 0.4) is 0 Å². The van der Waals surface area contributed by atoms with Gasteiger partial charge in [-0.2, -0.15) is 5.10 Å². The summed E-state index contributed by atoms with van der Waals surface area (Å²) >= 11 is 2.29. The first-order chi connectivity index (χ1) is 9.11. The van der Waals surface area contributed by atoms with Crippen LogP contribution in [0, 0.1) is 10.5 Å². The van der Waals surface area contributed by atoms with E-state index in [0.29, 0.717) is 5.95 Å². The Balaban J connectivity index is 2.33. The van der Waals surface area contributed by atoms with Gasteiger partial charge in [-0.05, 0) is 60.7 Å². The molecule has 0 saturated heterocycles. The van der Waals surface area contributed by atoms with Crippen LogP contribution in [0.1, 0.15) is 12.6 Å². The van der Waals surface area contributed by atoms with E-state index >= 15 is 0 Å². The van der Waals surface area contributed by atoms with Gasteiger partial charge in [0.15, 0.2) is 5.65 Å². The fraction of sp³-hybridized carbons (Fsp3) is 0.231. The third-order valence-corrected chi connectivity index (χ3v) is 3.84. The Kier molecular flexibility index (Phi) is 2.96. The Morgan fingerprint density at radius 1 is 1.26 bits per heavy atom. The van der Waals surface area contributed by atoms with Crippen LogP contribution < -0.4 is 5.73 Å². The number of anilines is 1. The molecule has 0 radical (unpaired) electrons. The molecule has 3 rings (SSSR count). The van der Waals surface area contributed by atoms with Crippen molar-refractivity contribution in [2.75, 3.05) is 5.73 Å². The number of imidazole rings is 1. The summed E-state index contributed by atoms with van der Waals surface area (Å²) < 4.78 is 5.08. The molecule has 0 bridgehead atoms. The van der Waals surface area contributed by atoms with E-state index in [2.05, 4.69) is 51.7 Å². The summed E-state index contributed by atoms with van der Waals surface area (Å²) in [4.78, 5) is 4.44. The van der Waals surface area contributed by atoms with Crippen LogP contribution in [0.4, 0.5) is 5.95 Å². The largest absolute Gasteiger partial charge is 0.369 e. The minimum absolute atomic E-state index is 0.499. The number of nitrogen functional groups attached to an aromatic ring is 1. The summed E-state index contributed by atoms with van der Waals surface area (Å²) in [6, 6.07) is 8.20. The number of aryl methyl sites for hydroxylation is 2. The minimum Gasteiger partial charge on any atom is -0.369 e. The summed E-state index contributed by atoms with van der Waals surface area (Å²) in [5.74, 6) is 0.499. The van der Waals surface area contributed by atoms with E-state index in [1.54, 1.807) is 0 Å². The van der Waals surface area contributed by atoms with Gasteiger partial charge in [0.2, 0.25) is 5.95 Å². The molecule has 19 heavy (non-hydrogen) atoms. The van der Waals surface area contributed by atoms with Gasteiger partial charge in [0.05, 0.1) is 11.4 Å². The Morgan fingerprint density at radius 2 is 1.95 bits per heavy atom. The van der Waals surface area contributed by atoms with Crippen molar-refractivity contribution in [2.45, 2.75) is 20.4 Å². The maximum atomic E-state index is 6.07. The van der Waals surface area contributed by atoms with E-state index < -0.39 is 0 Å². The summed E-state index contributed by atoms with van der Waals surface area (Å²) in [6.45, 7) is 4.81. The highest BCUT2D eigenvalue weighted by Crippen LogP contribution is 2.25. The molecule has 0 aliphatic rings. The van der Waals surface area contributed by atoms with Crippen molar-refractivity contribution in [3.05, 3.63) is 33.5 Å². The number of fused-ring (bicyclic) bond motifs is 1. The number of aromatic nitrogens is 4. The SMILES string of the molecule is CCn1nc(C)c2nc(N)n(-c3ccc(I)cc3)c21. The fourth-order valence-corrected chi connectivity index (χ4v) is 2.61. The molecule has 0 saturated carbocycles. The molecule has 2 N–H and O–H groups in total. The van der Waals surface area contributed by atoms with Gasteiger partial charge in [0.1, 0.15) is 5.52 Å². The molecule has 98 valence electrons. The summed E-state index contributed by atoms with van der Waals surface area (Å²) in [7, 11) is 0. The van der Waals surface area contributed by atoms with E-state index in [1.165, 1.54) is 3.57 Å². The number of nitrogens with zero attached hydrogens (tertiary/aromatic N) is 4. The average molecular weight is 367 g/mol. The predicted octanol–water partition coefficient (Wildman–Crippen LogP) is 2.74. The summed E-state index contributed by atoms with van der Waals surface area (Å²) in [6.07, 6.45) is 0. The zero-order chi connectivity index (χ0) is 13.6. The molecule has 6 heteroatoms. The molecule has 0 unspecified atom stereocenters. The van der Waals surface area contributed by atoms with E-state index in [1.807, 2.05) is 28.3 Å². The molecular formula is C13H14IN5.